The molecule has 1 fully saturated rings. The zero-order valence-corrected chi connectivity index (χ0v) is 12.0. The second-order valence-electron chi connectivity index (χ2n) is 5.45. The van der Waals surface area contributed by atoms with Crippen molar-refractivity contribution in [2.24, 2.45) is 13.0 Å². The Morgan fingerprint density at radius 1 is 1.39 bits per heavy atom. The summed E-state index contributed by atoms with van der Waals surface area (Å²) < 4.78 is 7.24. The van der Waals surface area contributed by atoms with E-state index in [0.29, 0.717) is 6.04 Å². The van der Waals surface area contributed by atoms with E-state index in [0.717, 1.165) is 24.0 Å². The van der Waals surface area contributed by atoms with Crippen molar-refractivity contribution in [3.8, 4) is 5.88 Å². The average Bonchev–Trinajstić information content (AvgIpc) is 2.62. The van der Waals surface area contributed by atoms with Gasteiger partial charge in [0.1, 0.15) is 0 Å². The van der Waals surface area contributed by atoms with Gasteiger partial charge in [-0.1, -0.05) is 19.8 Å². The molecule has 0 saturated heterocycles. The molecule has 1 heterocycles. The molecule has 1 aliphatic rings. The molecule has 18 heavy (non-hydrogen) atoms. The lowest BCUT2D eigenvalue weighted by molar-refractivity contribution is 0.277. The summed E-state index contributed by atoms with van der Waals surface area (Å²) in [5.74, 6) is 1.66. The van der Waals surface area contributed by atoms with Gasteiger partial charge in [0.25, 0.3) is 0 Å². The van der Waals surface area contributed by atoms with E-state index in [1.165, 1.54) is 31.2 Å². The molecule has 0 aromatic carbocycles. The Morgan fingerprint density at radius 2 is 2.11 bits per heavy atom. The molecule has 4 heteroatoms. The maximum Gasteiger partial charge on any atom is 0.216 e. The Morgan fingerprint density at radius 3 is 2.78 bits per heavy atom. The second kappa shape index (κ2) is 5.74. The first-order valence-electron chi connectivity index (χ1n) is 6.93. The van der Waals surface area contributed by atoms with Gasteiger partial charge in [0.15, 0.2) is 0 Å². The molecule has 0 radical (unpaired) electrons. The van der Waals surface area contributed by atoms with Gasteiger partial charge in [0.2, 0.25) is 5.88 Å². The fourth-order valence-corrected chi connectivity index (χ4v) is 2.99. The fraction of sp³-hybridized carbons (Fsp3) is 0.786. The van der Waals surface area contributed by atoms with Gasteiger partial charge in [-0.3, -0.25) is 0 Å². The lowest BCUT2D eigenvalue weighted by Crippen LogP contribution is -2.36. The van der Waals surface area contributed by atoms with Crippen LogP contribution in [0.2, 0.25) is 0 Å². The molecule has 0 bridgehead atoms. The third-order valence-electron chi connectivity index (χ3n) is 4.13. The predicted molar refractivity (Wildman–Crippen MR) is 72.8 cm³/mol. The largest absolute Gasteiger partial charge is 0.481 e. The van der Waals surface area contributed by atoms with Gasteiger partial charge in [-0.25, -0.2) is 4.68 Å². The van der Waals surface area contributed by atoms with E-state index >= 15 is 0 Å². The molecule has 2 unspecified atom stereocenters. The van der Waals surface area contributed by atoms with Gasteiger partial charge < -0.3 is 10.1 Å². The number of hydrogen-bond acceptors (Lipinski definition) is 3. The Kier molecular flexibility index (Phi) is 4.27. The van der Waals surface area contributed by atoms with Crippen molar-refractivity contribution < 1.29 is 4.74 Å². The zero-order chi connectivity index (χ0) is 13.1. The molecule has 1 aliphatic carbocycles. The minimum Gasteiger partial charge on any atom is -0.481 e. The van der Waals surface area contributed by atoms with Crippen LogP contribution in [0.3, 0.4) is 0 Å². The lowest BCUT2D eigenvalue weighted by Gasteiger charge is -2.29. The van der Waals surface area contributed by atoms with E-state index in [2.05, 4.69) is 17.3 Å². The third-order valence-corrected chi connectivity index (χ3v) is 4.13. The zero-order valence-electron chi connectivity index (χ0n) is 12.0. The van der Waals surface area contributed by atoms with Crippen LogP contribution in [0.15, 0.2) is 0 Å². The number of aromatic nitrogens is 2. The summed E-state index contributed by atoms with van der Waals surface area (Å²) in [4.78, 5) is 0. The molecule has 2 atom stereocenters. The summed E-state index contributed by atoms with van der Waals surface area (Å²) >= 11 is 0. The van der Waals surface area contributed by atoms with E-state index < -0.39 is 0 Å². The molecule has 0 spiro atoms. The van der Waals surface area contributed by atoms with E-state index in [1.807, 2.05) is 18.7 Å². The topological polar surface area (TPSA) is 39.1 Å². The molecule has 4 nitrogen and oxygen atoms in total. The minimum absolute atomic E-state index is 0.642. The molecular formula is C14H25N3O. The highest BCUT2D eigenvalue weighted by atomic mass is 16.5. The Bertz CT molecular complexity index is 400. The molecule has 102 valence electrons. The molecular weight excluding hydrogens is 226 g/mol. The van der Waals surface area contributed by atoms with Gasteiger partial charge in [-0.05, 0) is 25.7 Å². The maximum absolute atomic E-state index is 5.42. The number of nitrogens with one attached hydrogen (secondary N) is 1. The average molecular weight is 251 g/mol. The molecule has 0 amide bonds. The van der Waals surface area contributed by atoms with Gasteiger partial charge in [-0.15, -0.1) is 0 Å². The van der Waals surface area contributed by atoms with Crippen LogP contribution < -0.4 is 10.1 Å². The SMILES string of the molecule is COc1c(CNC2CCCCC2C)c(C)nn1C. The predicted octanol–water partition coefficient (Wildman–Crippen LogP) is 2.41. The molecule has 1 aromatic rings. The Labute approximate surface area is 110 Å². The van der Waals surface area contributed by atoms with E-state index in [-0.39, 0.29) is 0 Å². The van der Waals surface area contributed by atoms with E-state index in [1.54, 1.807) is 7.11 Å². The van der Waals surface area contributed by atoms with Gasteiger partial charge in [0.05, 0.1) is 18.4 Å². The Balaban J connectivity index is 2.01. The number of rotatable bonds is 4. The van der Waals surface area contributed by atoms with Crippen LogP contribution in [-0.4, -0.2) is 22.9 Å². The van der Waals surface area contributed by atoms with Gasteiger partial charge in [0, 0.05) is 19.6 Å². The normalized spacial score (nSPS) is 24.2. The van der Waals surface area contributed by atoms with E-state index in [4.69, 9.17) is 4.74 Å². The van der Waals surface area contributed by atoms with Gasteiger partial charge >= 0.3 is 0 Å². The first kappa shape index (κ1) is 13.4. The monoisotopic (exact) mass is 251 g/mol. The summed E-state index contributed by atoms with van der Waals surface area (Å²) in [5.41, 5.74) is 2.25. The van der Waals surface area contributed by atoms with Crippen LogP contribution in [0.5, 0.6) is 5.88 Å². The van der Waals surface area contributed by atoms with Crippen molar-refractivity contribution in [2.45, 2.75) is 52.1 Å². The Hall–Kier alpha value is -1.03. The first-order chi connectivity index (χ1) is 8.63. The molecule has 1 aromatic heterocycles. The van der Waals surface area contributed by atoms with Crippen LogP contribution in [0.4, 0.5) is 0 Å². The van der Waals surface area contributed by atoms with Crippen LogP contribution in [-0.2, 0) is 13.6 Å². The third kappa shape index (κ3) is 2.69. The van der Waals surface area contributed by atoms with Crippen LogP contribution in [0, 0.1) is 12.8 Å². The molecule has 2 rings (SSSR count). The number of ether oxygens (including phenoxy) is 1. The summed E-state index contributed by atoms with van der Waals surface area (Å²) in [6.07, 6.45) is 5.38. The molecule has 0 aliphatic heterocycles. The lowest BCUT2D eigenvalue weighted by atomic mass is 9.86. The highest BCUT2D eigenvalue weighted by molar-refractivity contribution is 5.30. The number of nitrogens with zero attached hydrogens (tertiary/aromatic N) is 2. The molecule has 1 saturated carbocycles. The van der Waals surface area contributed by atoms with Crippen LogP contribution in [0.1, 0.15) is 43.9 Å². The minimum atomic E-state index is 0.642. The van der Waals surface area contributed by atoms with Crippen molar-refractivity contribution in [3.05, 3.63) is 11.3 Å². The summed E-state index contributed by atoms with van der Waals surface area (Å²) in [5, 5.41) is 8.10. The summed E-state index contributed by atoms with van der Waals surface area (Å²) in [7, 11) is 3.64. The van der Waals surface area contributed by atoms with Crippen molar-refractivity contribution in [3.63, 3.8) is 0 Å². The van der Waals surface area contributed by atoms with Crippen LogP contribution in [0.25, 0.3) is 0 Å². The quantitative estimate of drug-likeness (QED) is 0.893. The van der Waals surface area contributed by atoms with Crippen molar-refractivity contribution in [2.75, 3.05) is 7.11 Å². The number of methoxy groups -OCH3 is 1. The fourth-order valence-electron chi connectivity index (χ4n) is 2.99. The van der Waals surface area contributed by atoms with E-state index in [9.17, 15) is 0 Å². The number of hydrogen-bond donors (Lipinski definition) is 1. The van der Waals surface area contributed by atoms with Crippen molar-refractivity contribution in [1.29, 1.82) is 0 Å². The number of aryl methyl sites for hydroxylation is 2. The van der Waals surface area contributed by atoms with Crippen LogP contribution >= 0.6 is 0 Å². The maximum atomic E-state index is 5.42. The standard InChI is InChI=1S/C14H25N3O/c1-10-7-5-6-8-13(10)15-9-12-11(2)16-17(3)14(12)18-4/h10,13,15H,5-9H2,1-4H3. The summed E-state index contributed by atoms with van der Waals surface area (Å²) in [6.45, 7) is 5.26. The van der Waals surface area contributed by atoms with Crippen molar-refractivity contribution >= 4 is 0 Å². The highest BCUT2D eigenvalue weighted by Gasteiger charge is 2.22. The van der Waals surface area contributed by atoms with Crippen molar-refractivity contribution in [1.82, 2.24) is 15.1 Å². The molecule has 1 N–H and O–H groups in total. The summed E-state index contributed by atoms with van der Waals surface area (Å²) in [6, 6.07) is 0.642. The highest BCUT2D eigenvalue weighted by Crippen LogP contribution is 2.25. The smallest absolute Gasteiger partial charge is 0.216 e. The second-order valence-corrected chi connectivity index (χ2v) is 5.45. The first-order valence-corrected chi connectivity index (χ1v) is 6.93. The van der Waals surface area contributed by atoms with Gasteiger partial charge in [-0.2, -0.15) is 5.10 Å².